The summed E-state index contributed by atoms with van der Waals surface area (Å²) in [6.07, 6.45) is 2.07. The second-order valence-electron chi connectivity index (χ2n) is 8.23. The van der Waals surface area contributed by atoms with E-state index in [1.807, 2.05) is 54.6 Å². The summed E-state index contributed by atoms with van der Waals surface area (Å²) in [5.41, 5.74) is 7.98. The highest BCUT2D eigenvalue weighted by molar-refractivity contribution is 6.12. The first-order valence-electron chi connectivity index (χ1n) is 11.1. The van der Waals surface area contributed by atoms with E-state index in [0.29, 0.717) is 42.3 Å². The van der Waals surface area contributed by atoms with Crippen molar-refractivity contribution in [2.75, 3.05) is 23.7 Å². The molecule has 1 fully saturated rings. The maximum atomic E-state index is 13.7. The first-order valence-corrected chi connectivity index (χ1v) is 11.1. The molecule has 2 atom stereocenters. The average molecular weight is 454 g/mol. The van der Waals surface area contributed by atoms with Crippen LogP contribution in [0.15, 0.2) is 60.9 Å². The minimum atomic E-state index is -0.507. The number of amides is 2. The predicted octanol–water partition coefficient (Wildman–Crippen LogP) is 3.48. The molecular weight excluding hydrogens is 430 g/mol. The van der Waals surface area contributed by atoms with Crippen molar-refractivity contribution in [2.24, 2.45) is 5.92 Å². The summed E-state index contributed by atoms with van der Waals surface area (Å²) in [5, 5.41) is 0. The molecule has 1 saturated heterocycles. The number of hydrogen-bond donors (Lipinski definition) is 1. The fourth-order valence-corrected chi connectivity index (χ4v) is 4.63. The molecule has 8 heteroatoms. The Morgan fingerprint density at radius 2 is 1.82 bits per heavy atom. The smallest absolute Gasteiger partial charge is 0.298 e. The van der Waals surface area contributed by atoms with Crippen LogP contribution in [0.3, 0.4) is 0 Å². The minimum Gasteiger partial charge on any atom is -0.457 e. The van der Waals surface area contributed by atoms with E-state index in [2.05, 4.69) is 21.8 Å². The number of aromatic nitrogens is 2. The van der Waals surface area contributed by atoms with Crippen LogP contribution in [0.25, 0.3) is 0 Å². The summed E-state index contributed by atoms with van der Waals surface area (Å²) < 4.78 is 5.87. The van der Waals surface area contributed by atoms with Gasteiger partial charge in [-0.2, -0.15) is 0 Å². The van der Waals surface area contributed by atoms with E-state index >= 15 is 0 Å². The van der Waals surface area contributed by atoms with Crippen LogP contribution in [0.2, 0.25) is 0 Å². The van der Waals surface area contributed by atoms with E-state index in [4.69, 9.17) is 10.5 Å². The summed E-state index contributed by atoms with van der Waals surface area (Å²) in [6.45, 7) is 2.64. The molecule has 2 aliphatic heterocycles. The van der Waals surface area contributed by atoms with Crippen LogP contribution >= 0.6 is 0 Å². The highest BCUT2D eigenvalue weighted by Crippen LogP contribution is 2.48. The molecule has 2 N–H and O–H groups in total. The van der Waals surface area contributed by atoms with Crippen LogP contribution in [-0.4, -0.2) is 39.8 Å². The number of nitrogens with two attached hydrogens (primary N) is 1. The number of rotatable bonds is 4. The average Bonchev–Trinajstić information content (AvgIpc) is 3.43. The Kier molecular flexibility index (Phi) is 5.60. The Bertz CT molecular complexity index is 1300. The molecule has 2 aromatic carbocycles. The monoisotopic (exact) mass is 453 g/mol. The van der Waals surface area contributed by atoms with E-state index in [1.165, 1.54) is 6.33 Å². The van der Waals surface area contributed by atoms with Crippen LogP contribution < -0.4 is 15.4 Å². The number of hydrogen-bond acceptors (Lipinski definition) is 6. The Morgan fingerprint density at radius 1 is 1.09 bits per heavy atom. The van der Waals surface area contributed by atoms with Gasteiger partial charge in [-0.1, -0.05) is 24.1 Å². The standard InChI is InChI=1S/C26H23N5O3/c1-2-6-21(32)30-14-13-17(15-30)22-23-24(25(27)29-16-28-23)31(26(22)33)18-9-11-20(12-10-18)34-19-7-4-3-5-8-19/h3-5,7-12,16-17,22H,13-15H2,1H3,(H2,27,28,29)/t17-,22?/m1/s1. The van der Waals surface area contributed by atoms with E-state index in [1.54, 1.807) is 16.7 Å². The van der Waals surface area contributed by atoms with Gasteiger partial charge in [0.25, 0.3) is 5.91 Å². The van der Waals surface area contributed by atoms with Crippen molar-refractivity contribution >= 4 is 29.0 Å². The Morgan fingerprint density at radius 3 is 2.56 bits per heavy atom. The third-order valence-electron chi connectivity index (χ3n) is 6.17. The van der Waals surface area contributed by atoms with Crippen molar-refractivity contribution in [3.05, 3.63) is 66.6 Å². The van der Waals surface area contributed by atoms with Crippen molar-refractivity contribution in [2.45, 2.75) is 19.3 Å². The number of likely N-dealkylation sites (tertiary alicyclic amines) is 1. The van der Waals surface area contributed by atoms with Gasteiger partial charge < -0.3 is 15.4 Å². The molecule has 5 rings (SSSR count). The fraction of sp³-hybridized carbons (Fsp3) is 0.231. The summed E-state index contributed by atoms with van der Waals surface area (Å²) in [4.78, 5) is 37.8. The molecule has 0 aliphatic carbocycles. The maximum absolute atomic E-state index is 13.7. The van der Waals surface area contributed by atoms with Crippen molar-refractivity contribution in [1.29, 1.82) is 0 Å². The summed E-state index contributed by atoms with van der Waals surface area (Å²) in [5.74, 6) is 5.92. The van der Waals surface area contributed by atoms with Gasteiger partial charge in [0.05, 0.1) is 11.6 Å². The second-order valence-corrected chi connectivity index (χ2v) is 8.23. The largest absolute Gasteiger partial charge is 0.457 e. The summed E-state index contributed by atoms with van der Waals surface area (Å²) in [6, 6.07) is 16.7. The van der Waals surface area contributed by atoms with E-state index in [-0.39, 0.29) is 23.6 Å². The molecule has 0 bridgehead atoms. The molecule has 0 radical (unpaired) electrons. The number of anilines is 3. The molecule has 1 unspecified atom stereocenters. The molecule has 0 saturated carbocycles. The van der Waals surface area contributed by atoms with Gasteiger partial charge in [-0.3, -0.25) is 14.5 Å². The van der Waals surface area contributed by atoms with Gasteiger partial charge in [0, 0.05) is 18.8 Å². The van der Waals surface area contributed by atoms with Gasteiger partial charge in [-0.25, -0.2) is 9.97 Å². The zero-order valence-corrected chi connectivity index (χ0v) is 18.6. The van der Waals surface area contributed by atoms with Crippen molar-refractivity contribution in [1.82, 2.24) is 14.9 Å². The van der Waals surface area contributed by atoms with E-state index < -0.39 is 5.92 Å². The van der Waals surface area contributed by atoms with E-state index in [0.717, 1.165) is 5.75 Å². The number of benzene rings is 2. The SMILES string of the molecule is CC#CC(=O)N1CC[C@@H](C2C(=O)N(c3ccc(Oc4ccccc4)cc3)c3c(N)ncnc32)C1. The highest BCUT2D eigenvalue weighted by atomic mass is 16.5. The number of carbonyl (C=O) groups excluding carboxylic acids is 2. The molecular formula is C26H23N5O3. The van der Waals surface area contributed by atoms with Gasteiger partial charge >= 0.3 is 0 Å². The highest BCUT2D eigenvalue weighted by Gasteiger charge is 2.47. The first-order chi connectivity index (χ1) is 16.6. The number of carbonyl (C=O) groups is 2. The van der Waals surface area contributed by atoms with Crippen LogP contribution in [0, 0.1) is 17.8 Å². The quantitative estimate of drug-likeness (QED) is 0.607. The molecule has 1 aromatic heterocycles. The summed E-state index contributed by atoms with van der Waals surface area (Å²) in [7, 11) is 0. The number of nitrogens with zero attached hydrogens (tertiary/aromatic N) is 4. The Hall–Kier alpha value is -4.38. The maximum Gasteiger partial charge on any atom is 0.298 e. The van der Waals surface area contributed by atoms with Crippen LogP contribution in [0.4, 0.5) is 17.2 Å². The van der Waals surface area contributed by atoms with E-state index in [9.17, 15) is 9.59 Å². The normalized spacial score (nSPS) is 18.9. The molecule has 3 heterocycles. The fourth-order valence-electron chi connectivity index (χ4n) is 4.63. The van der Waals surface area contributed by atoms with Crippen LogP contribution in [0.1, 0.15) is 25.0 Å². The lowest BCUT2D eigenvalue weighted by Crippen LogP contribution is -2.31. The minimum absolute atomic E-state index is 0.0751. The number of para-hydroxylation sites is 1. The third kappa shape index (κ3) is 3.82. The lowest BCUT2D eigenvalue weighted by atomic mass is 9.89. The zero-order valence-electron chi connectivity index (χ0n) is 18.6. The molecule has 8 nitrogen and oxygen atoms in total. The molecule has 2 amide bonds. The Balaban J connectivity index is 1.43. The van der Waals surface area contributed by atoms with Gasteiger partial charge in [0.15, 0.2) is 5.82 Å². The summed E-state index contributed by atoms with van der Waals surface area (Å²) >= 11 is 0. The van der Waals surface area contributed by atoms with Crippen molar-refractivity contribution in [3.63, 3.8) is 0 Å². The second kappa shape index (κ2) is 8.87. The Labute approximate surface area is 197 Å². The third-order valence-corrected chi connectivity index (χ3v) is 6.17. The topological polar surface area (TPSA) is 102 Å². The van der Waals surface area contributed by atoms with Gasteiger partial charge in [-0.15, -0.1) is 0 Å². The van der Waals surface area contributed by atoms with Gasteiger partial charge in [0.2, 0.25) is 5.91 Å². The predicted molar refractivity (Wildman–Crippen MR) is 127 cm³/mol. The van der Waals surface area contributed by atoms with Crippen LogP contribution in [0.5, 0.6) is 11.5 Å². The molecule has 2 aliphatic rings. The van der Waals surface area contributed by atoms with Crippen molar-refractivity contribution < 1.29 is 14.3 Å². The molecule has 170 valence electrons. The van der Waals surface area contributed by atoms with Crippen molar-refractivity contribution in [3.8, 4) is 23.3 Å². The zero-order chi connectivity index (χ0) is 23.7. The lowest BCUT2D eigenvalue weighted by molar-refractivity contribution is -0.125. The van der Waals surface area contributed by atoms with Crippen LogP contribution in [-0.2, 0) is 9.59 Å². The lowest BCUT2D eigenvalue weighted by Gasteiger charge is -2.21. The number of fused-ring (bicyclic) bond motifs is 1. The number of ether oxygens (including phenoxy) is 1. The molecule has 34 heavy (non-hydrogen) atoms. The van der Waals surface area contributed by atoms with Gasteiger partial charge in [-0.05, 0) is 61.6 Å². The molecule has 0 spiro atoms. The van der Waals surface area contributed by atoms with Gasteiger partial charge in [0.1, 0.15) is 23.5 Å². The number of nitrogen functional groups attached to an aromatic ring is 1. The molecule has 3 aromatic rings. The first kappa shape index (κ1) is 21.5.